The summed E-state index contributed by atoms with van der Waals surface area (Å²) in [5.41, 5.74) is 4.77. The maximum atomic E-state index is 11.9. The van der Waals surface area contributed by atoms with Gasteiger partial charge in [0.15, 0.2) is 0 Å². The summed E-state index contributed by atoms with van der Waals surface area (Å²) in [7, 11) is 0. The smallest absolute Gasteiger partial charge is 0.267 e. The Balaban J connectivity index is 1.89. The van der Waals surface area contributed by atoms with Crippen LogP contribution in [0, 0.1) is 0 Å². The molecular formula is C18H16BrN3O. The van der Waals surface area contributed by atoms with E-state index in [0.29, 0.717) is 11.3 Å². The van der Waals surface area contributed by atoms with E-state index in [-0.39, 0.29) is 5.91 Å². The molecule has 0 atom stereocenters. The van der Waals surface area contributed by atoms with E-state index in [4.69, 9.17) is 0 Å². The quantitative estimate of drug-likeness (QED) is 0.487. The van der Waals surface area contributed by atoms with E-state index in [1.807, 2.05) is 61.6 Å². The van der Waals surface area contributed by atoms with Crippen LogP contribution in [0.15, 0.2) is 76.6 Å². The fraction of sp³-hybridized carbons (Fsp3) is 0.0556. The third-order valence-electron chi connectivity index (χ3n) is 2.84. The molecule has 0 aliphatic carbocycles. The average Bonchev–Trinajstić information content (AvgIpc) is 2.57. The van der Waals surface area contributed by atoms with Crippen LogP contribution in [0.2, 0.25) is 0 Å². The number of benzene rings is 1. The SMILES string of the molecule is CC(/C=C/C=C/c1ccccc1)=N/NC(=O)c1cncc(Br)c1. The van der Waals surface area contributed by atoms with Crippen LogP contribution in [0.5, 0.6) is 0 Å². The van der Waals surface area contributed by atoms with Gasteiger partial charge in [0.2, 0.25) is 0 Å². The molecule has 0 radical (unpaired) electrons. The van der Waals surface area contributed by atoms with Crippen molar-refractivity contribution in [2.45, 2.75) is 6.92 Å². The van der Waals surface area contributed by atoms with E-state index in [0.717, 1.165) is 10.0 Å². The number of carbonyl (C=O) groups excluding carboxylic acids is 1. The topological polar surface area (TPSA) is 54.4 Å². The molecule has 4 nitrogen and oxygen atoms in total. The molecule has 0 aliphatic heterocycles. The predicted octanol–water partition coefficient (Wildman–Crippen LogP) is 4.22. The number of hydrazone groups is 1. The van der Waals surface area contributed by atoms with Gasteiger partial charge in [0, 0.05) is 16.9 Å². The zero-order chi connectivity index (χ0) is 16.5. The largest absolute Gasteiger partial charge is 0.272 e. The molecular weight excluding hydrogens is 354 g/mol. The second-order valence-electron chi connectivity index (χ2n) is 4.71. The molecule has 1 aromatic carbocycles. The van der Waals surface area contributed by atoms with Gasteiger partial charge >= 0.3 is 0 Å². The Kier molecular flexibility index (Phi) is 6.44. The summed E-state index contributed by atoms with van der Waals surface area (Å²) in [6.45, 7) is 1.81. The highest BCUT2D eigenvalue weighted by Gasteiger charge is 2.04. The Morgan fingerprint density at radius 1 is 1.22 bits per heavy atom. The zero-order valence-corrected chi connectivity index (χ0v) is 14.2. The Hall–Kier alpha value is -2.53. The minimum Gasteiger partial charge on any atom is -0.267 e. The summed E-state index contributed by atoms with van der Waals surface area (Å²) >= 11 is 3.27. The lowest BCUT2D eigenvalue weighted by Crippen LogP contribution is -2.18. The first-order chi connectivity index (χ1) is 11.1. The lowest BCUT2D eigenvalue weighted by atomic mass is 10.2. The number of carbonyl (C=O) groups is 1. The lowest BCUT2D eigenvalue weighted by molar-refractivity contribution is 0.0954. The van der Waals surface area contributed by atoms with E-state index in [9.17, 15) is 4.79 Å². The number of rotatable bonds is 5. The van der Waals surface area contributed by atoms with E-state index in [1.54, 1.807) is 12.3 Å². The van der Waals surface area contributed by atoms with Gasteiger partial charge in [0.05, 0.1) is 11.3 Å². The number of hydrogen-bond donors (Lipinski definition) is 1. The fourth-order valence-electron chi connectivity index (χ4n) is 1.70. The van der Waals surface area contributed by atoms with Crippen LogP contribution in [-0.2, 0) is 0 Å². The van der Waals surface area contributed by atoms with E-state index >= 15 is 0 Å². The van der Waals surface area contributed by atoms with E-state index < -0.39 is 0 Å². The summed E-state index contributed by atoms with van der Waals surface area (Å²) in [5, 5.41) is 4.03. The van der Waals surface area contributed by atoms with Gasteiger partial charge in [-0.2, -0.15) is 5.10 Å². The highest BCUT2D eigenvalue weighted by Crippen LogP contribution is 2.09. The standard InChI is InChI=1S/C18H16BrN3O/c1-14(7-5-6-10-15-8-3-2-4-9-15)21-22-18(23)16-11-17(19)13-20-12-16/h2-13H,1H3,(H,22,23)/b7-5+,10-6+,21-14-. The van der Waals surface area contributed by atoms with Crippen molar-refractivity contribution in [2.75, 3.05) is 0 Å². The van der Waals surface area contributed by atoms with Crippen LogP contribution < -0.4 is 5.43 Å². The lowest BCUT2D eigenvalue weighted by Gasteiger charge is -2.00. The van der Waals surface area contributed by atoms with Gasteiger partial charge in [-0.25, -0.2) is 5.43 Å². The highest BCUT2D eigenvalue weighted by atomic mass is 79.9. The minimum atomic E-state index is -0.300. The molecule has 0 spiro atoms. The summed E-state index contributed by atoms with van der Waals surface area (Å²) < 4.78 is 0.747. The molecule has 0 aliphatic rings. The number of hydrogen-bond acceptors (Lipinski definition) is 3. The summed E-state index contributed by atoms with van der Waals surface area (Å²) in [4.78, 5) is 15.8. The van der Waals surface area contributed by atoms with Crippen molar-refractivity contribution in [3.05, 3.63) is 82.6 Å². The highest BCUT2D eigenvalue weighted by molar-refractivity contribution is 9.10. The number of nitrogens with zero attached hydrogens (tertiary/aromatic N) is 2. The molecule has 116 valence electrons. The van der Waals surface area contributed by atoms with Gasteiger partial charge in [-0.15, -0.1) is 0 Å². The Morgan fingerprint density at radius 3 is 2.74 bits per heavy atom. The van der Waals surface area contributed by atoms with Crippen molar-refractivity contribution in [1.82, 2.24) is 10.4 Å². The number of pyridine rings is 1. The first kappa shape index (κ1) is 16.8. The second-order valence-corrected chi connectivity index (χ2v) is 5.63. The molecule has 2 aromatic rings. The average molecular weight is 370 g/mol. The fourth-order valence-corrected chi connectivity index (χ4v) is 2.07. The van der Waals surface area contributed by atoms with Gasteiger partial charge < -0.3 is 0 Å². The molecule has 0 unspecified atom stereocenters. The van der Waals surface area contributed by atoms with Crippen molar-refractivity contribution in [1.29, 1.82) is 0 Å². The van der Waals surface area contributed by atoms with Crippen LogP contribution in [0.4, 0.5) is 0 Å². The van der Waals surface area contributed by atoms with Crippen LogP contribution in [0.25, 0.3) is 6.08 Å². The molecule has 0 bridgehead atoms. The normalized spacial score (nSPS) is 12.0. The van der Waals surface area contributed by atoms with Crippen molar-refractivity contribution in [3.8, 4) is 0 Å². The van der Waals surface area contributed by atoms with Crippen LogP contribution in [0.1, 0.15) is 22.8 Å². The van der Waals surface area contributed by atoms with Gasteiger partial charge in [-0.05, 0) is 40.6 Å². The molecule has 0 saturated heterocycles. The van der Waals surface area contributed by atoms with Crippen molar-refractivity contribution >= 4 is 33.6 Å². The molecule has 1 aromatic heterocycles. The minimum absolute atomic E-state index is 0.300. The molecule has 1 N–H and O–H groups in total. The molecule has 1 heterocycles. The summed E-state index contributed by atoms with van der Waals surface area (Å²) in [6.07, 6.45) is 10.7. The molecule has 23 heavy (non-hydrogen) atoms. The third-order valence-corrected chi connectivity index (χ3v) is 3.27. The maximum absolute atomic E-state index is 11.9. The number of amides is 1. The van der Waals surface area contributed by atoms with Gasteiger partial charge in [0.25, 0.3) is 5.91 Å². The molecule has 5 heteroatoms. The maximum Gasteiger partial charge on any atom is 0.272 e. The third kappa shape index (κ3) is 6.00. The number of halogens is 1. The molecule has 1 amide bonds. The second kappa shape index (κ2) is 8.80. The molecule has 0 fully saturated rings. The van der Waals surface area contributed by atoms with E-state index in [2.05, 4.69) is 31.4 Å². The zero-order valence-electron chi connectivity index (χ0n) is 12.6. The van der Waals surface area contributed by atoms with Gasteiger partial charge in [-0.3, -0.25) is 9.78 Å². The Morgan fingerprint density at radius 2 is 2.00 bits per heavy atom. The van der Waals surface area contributed by atoms with Gasteiger partial charge in [0.1, 0.15) is 0 Å². The van der Waals surface area contributed by atoms with Crippen LogP contribution >= 0.6 is 15.9 Å². The first-order valence-corrected chi connectivity index (χ1v) is 7.79. The Bertz CT molecular complexity index is 752. The number of allylic oxidation sites excluding steroid dienone is 3. The summed E-state index contributed by atoms with van der Waals surface area (Å²) in [5.74, 6) is -0.300. The van der Waals surface area contributed by atoms with E-state index in [1.165, 1.54) is 6.20 Å². The predicted molar refractivity (Wildman–Crippen MR) is 97.1 cm³/mol. The van der Waals surface area contributed by atoms with Crippen molar-refractivity contribution in [2.24, 2.45) is 5.10 Å². The molecule has 0 saturated carbocycles. The van der Waals surface area contributed by atoms with Crippen molar-refractivity contribution < 1.29 is 4.79 Å². The van der Waals surface area contributed by atoms with Crippen LogP contribution in [0.3, 0.4) is 0 Å². The first-order valence-electron chi connectivity index (χ1n) is 7.00. The summed E-state index contributed by atoms with van der Waals surface area (Å²) in [6, 6.07) is 11.7. The van der Waals surface area contributed by atoms with Crippen molar-refractivity contribution in [3.63, 3.8) is 0 Å². The number of nitrogens with one attached hydrogen (secondary N) is 1. The molecule has 2 rings (SSSR count). The van der Waals surface area contributed by atoms with Crippen LogP contribution in [-0.4, -0.2) is 16.6 Å². The number of aromatic nitrogens is 1. The monoisotopic (exact) mass is 369 g/mol. The van der Waals surface area contributed by atoms with Gasteiger partial charge in [-0.1, -0.05) is 48.6 Å². The Labute approximate surface area is 143 Å².